The van der Waals surface area contributed by atoms with Crippen molar-refractivity contribution in [3.63, 3.8) is 0 Å². The number of primary amides is 1. The van der Waals surface area contributed by atoms with Gasteiger partial charge in [-0.2, -0.15) is 0 Å². The molecule has 1 heterocycles. The van der Waals surface area contributed by atoms with Gasteiger partial charge in [0.15, 0.2) is 5.78 Å². The molecule has 0 spiro atoms. The number of aromatic amines is 1. The molecule has 0 aliphatic heterocycles. The Morgan fingerprint density at radius 1 is 1.13 bits per heavy atom. The maximum atomic E-state index is 13.1. The van der Waals surface area contributed by atoms with Crippen LogP contribution in [-0.2, 0) is 16.0 Å². The summed E-state index contributed by atoms with van der Waals surface area (Å²) < 4.78 is 0. The topological polar surface area (TPSA) is 129 Å². The zero-order valence-electron chi connectivity index (χ0n) is 18.0. The van der Waals surface area contributed by atoms with Crippen LogP contribution in [0.2, 0.25) is 0 Å². The zero-order chi connectivity index (χ0) is 22.1. The maximum absolute atomic E-state index is 13.1. The van der Waals surface area contributed by atoms with Gasteiger partial charge in [0.25, 0.3) is 0 Å². The predicted octanol–water partition coefficient (Wildman–Crippen LogP) is 1.99. The first kappa shape index (κ1) is 23.4. The minimum absolute atomic E-state index is 0.0298. The first-order valence-electron chi connectivity index (χ1n) is 10.5. The molecule has 30 heavy (non-hydrogen) atoms. The highest BCUT2D eigenvalue weighted by atomic mass is 16.2. The molecule has 0 fully saturated rings. The van der Waals surface area contributed by atoms with Crippen molar-refractivity contribution in [3.05, 3.63) is 36.0 Å². The second-order valence-corrected chi connectivity index (χ2v) is 7.75. The van der Waals surface area contributed by atoms with Crippen LogP contribution in [-0.4, -0.2) is 47.4 Å². The lowest BCUT2D eigenvalue weighted by atomic mass is 10.0. The fourth-order valence-corrected chi connectivity index (χ4v) is 3.50. The molecule has 0 bridgehead atoms. The monoisotopic (exact) mass is 415 g/mol. The number of H-pyrrole nitrogens is 1. The van der Waals surface area contributed by atoms with Crippen molar-refractivity contribution in [2.45, 2.75) is 64.6 Å². The molecule has 0 saturated heterocycles. The van der Waals surface area contributed by atoms with E-state index in [0.717, 1.165) is 16.5 Å². The van der Waals surface area contributed by atoms with Gasteiger partial charge in [-0.25, -0.2) is 4.79 Å². The molecule has 2 aromatic rings. The summed E-state index contributed by atoms with van der Waals surface area (Å²) in [4.78, 5) is 39.5. The quantitative estimate of drug-likeness (QED) is 0.339. The van der Waals surface area contributed by atoms with Crippen molar-refractivity contribution in [1.82, 2.24) is 20.9 Å². The molecular formula is C22H33N5O3. The number of hydrogen-bond donors (Lipinski definition) is 5. The van der Waals surface area contributed by atoms with Crippen molar-refractivity contribution in [2.24, 2.45) is 5.73 Å². The molecule has 1 aromatic heterocycles. The highest BCUT2D eigenvalue weighted by Gasteiger charge is 2.26. The lowest BCUT2D eigenvalue weighted by molar-refractivity contribution is -0.129. The zero-order valence-corrected chi connectivity index (χ0v) is 18.0. The molecule has 6 N–H and O–H groups in total. The van der Waals surface area contributed by atoms with Crippen LogP contribution in [0.25, 0.3) is 10.9 Å². The third kappa shape index (κ3) is 6.88. The summed E-state index contributed by atoms with van der Waals surface area (Å²) in [6.45, 7) is 6.11. The number of para-hydroxylation sites is 1. The largest absolute Gasteiger partial charge is 0.361 e. The van der Waals surface area contributed by atoms with E-state index < -0.39 is 18.1 Å². The van der Waals surface area contributed by atoms with Gasteiger partial charge in [-0.3, -0.25) is 9.59 Å². The molecule has 3 amide bonds. The molecule has 1 aromatic carbocycles. The normalized spacial score (nSPS) is 13.2. The standard InChI is InChI=1S/C22H33N5O3/c1-4-20(28)18(10-7-11-24-22(23)30)27-21(29)19(26-14(2)3)12-15-13-25-17-9-6-5-8-16(15)17/h5-6,8-9,13-14,18-19,25-26H,4,7,10-12H2,1-3H3,(H,27,29)(H3,23,24,30)/t18-,19-/m0/s1. The Kier molecular flexibility index (Phi) is 8.86. The minimum Gasteiger partial charge on any atom is -0.361 e. The van der Waals surface area contributed by atoms with E-state index in [1.807, 2.05) is 44.3 Å². The Morgan fingerprint density at radius 2 is 1.87 bits per heavy atom. The number of benzene rings is 1. The summed E-state index contributed by atoms with van der Waals surface area (Å²) >= 11 is 0. The van der Waals surface area contributed by atoms with E-state index >= 15 is 0 Å². The van der Waals surface area contributed by atoms with Crippen LogP contribution in [0.3, 0.4) is 0 Å². The van der Waals surface area contributed by atoms with E-state index in [1.54, 1.807) is 6.92 Å². The average Bonchev–Trinajstić information content (AvgIpc) is 3.11. The average molecular weight is 416 g/mol. The number of hydrogen-bond acceptors (Lipinski definition) is 4. The van der Waals surface area contributed by atoms with Crippen LogP contribution < -0.4 is 21.7 Å². The summed E-state index contributed by atoms with van der Waals surface area (Å²) in [5.41, 5.74) is 7.14. The summed E-state index contributed by atoms with van der Waals surface area (Å²) in [5, 5.41) is 9.82. The first-order valence-corrected chi connectivity index (χ1v) is 10.5. The number of amides is 3. The van der Waals surface area contributed by atoms with Gasteiger partial charge >= 0.3 is 6.03 Å². The third-order valence-electron chi connectivity index (χ3n) is 4.97. The molecule has 0 aliphatic carbocycles. The number of fused-ring (bicyclic) bond motifs is 1. The van der Waals surface area contributed by atoms with Gasteiger partial charge in [0.1, 0.15) is 0 Å². The van der Waals surface area contributed by atoms with Crippen molar-refractivity contribution in [2.75, 3.05) is 6.54 Å². The van der Waals surface area contributed by atoms with Crippen LogP contribution >= 0.6 is 0 Å². The predicted molar refractivity (Wildman–Crippen MR) is 118 cm³/mol. The van der Waals surface area contributed by atoms with E-state index in [2.05, 4.69) is 20.9 Å². The van der Waals surface area contributed by atoms with Gasteiger partial charge in [0.05, 0.1) is 12.1 Å². The number of ketones is 1. The third-order valence-corrected chi connectivity index (χ3v) is 4.97. The lowest BCUT2D eigenvalue weighted by Crippen LogP contribution is -2.52. The Hall–Kier alpha value is -2.87. The van der Waals surface area contributed by atoms with E-state index in [4.69, 9.17) is 5.73 Å². The minimum atomic E-state index is -0.600. The Balaban J connectivity index is 2.09. The highest BCUT2D eigenvalue weighted by Crippen LogP contribution is 2.19. The van der Waals surface area contributed by atoms with Gasteiger partial charge in [-0.05, 0) is 30.9 Å². The van der Waals surface area contributed by atoms with E-state index in [0.29, 0.717) is 32.2 Å². The molecule has 164 valence electrons. The van der Waals surface area contributed by atoms with Crippen molar-refractivity contribution >= 4 is 28.6 Å². The molecule has 0 radical (unpaired) electrons. The molecular weight excluding hydrogens is 382 g/mol. The van der Waals surface area contributed by atoms with E-state index in [-0.39, 0.29) is 17.7 Å². The first-order chi connectivity index (χ1) is 14.3. The fourth-order valence-electron chi connectivity index (χ4n) is 3.50. The number of nitrogens with two attached hydrogens (primary N) is 1. The number of rotatable bonds is 12. The summed E-state index contributed by atoms with van der Waals surface area (Å²) in [5.74, 6) is -0.235. The smallest absolute Gasteiger partial charge is 0.312 e. The van der Waals surface area contributed by atoms with Crippen LogP contribution in [0, 0.1) is 0 Å². The Bertz CT molecular complexity index is 861. The highest BCUT2D eigenvalue weighted by molar-refractivity contribution is 5.91. The summed E-state index contributed by atoms with van der Waals surface area (Å²) in [6.07, 6.45) is 3.75. The lowest BCUT2D eigenvalue weighted by Gasteiger charge is -2.24. The fraction of sp³-hybridized carbons (Fsp3) is 0.500. The number of carbonyl (C=O) groups excluding carboxylic acids is 3. The van der Waals surface area contributed by atoms with Gasteiger partial charge in [0.2, 0.25) is 5.91 Å². The van der Waals surface area contributed by atoms with E-state index in [1.165, 1.54) is 0 Å². The van der Waals surface area contributed by atoms with Gasteiger partial charge in [-0.1, -0.05) is 39.0 Å². The van der Waals surface area contributed by atoms with Crippen molar-refractivity contribution in [3.8, 4) is 0 Å². The molecule has 2 atom stereocenters. The Morgan fingerprint density at radius 3 is 2.53 bits per heavy atom. The van der Waals surface area contributed by atoms with Gasteiger partial charge in [-0.15, -0.1) is 0 Å². The Labute approximate surface area is 177 Å². The maximum Gasteiger partial charge on any atom is 0.312 e. The second-order valence-electron chi connectivity index (χ2n) is 7.75. The second kappa shape index (κ2) is 11.3. The van der Waals surface area contributed by atoms with Gasteiger partial charge < -0.3 is 26.7 Å². The van der Waals surface area contributed by atoms with Crippen LogP contribution in [0.15, 0.2) is 30.5 Å². The molecule has 0 saturated carbocycles. The summed E-state index contributed by atoms with van der Waals surface area (Å²) in [7, 11) is 0. The van der Waals surface area contributed by atoms with Crippen molar-refractivity contribution in [1.29, 1.82) is 0 Å². The number of aromatic nitrogens is 1. The molecule has 2 rings (SSSR count). The number of urea groups is 1. The molecule has 8 heteroatoms. The molecule has 0 aliphatic rings. The number of carbonyl (C=O) groups is 3. The number of nitrogens with one attached hydrogen (secondary N) is 4. The van der Waals surface area contributed by atoms with Crippen LogP contribution in [0.4, 0.5) is 4.79 Å². The van der Waals surface area contributed by atoms with Gasteiger partial charge in [0, 0.05) is 36.1 Å². The SMILES string of the molecule is CCC(=O)[C@H](CCCNC(N)=O)NC(=O)[C@H](Cc1c[nH]c2ccccc12)NC(C)C. The van der Waals surface area contributed by atoms with Crippen LogP contribution in [0.5, 0.6) is 0 Å². The van der Waals surface area contributed by atoms with E-state index in [9.17, 15) is 14.4 Å². The number of Topliss-reactive ketones (excluding diaryl/α,β-unsaturated/α-hetero) is 1. The van der Waals surface area contributed by atoms with Crippen LogP contribution in [0.1, 0.15) is 45.6 Å². The summed E-state index contributed by atoms with van der Waals surface area (Å²) in [6, 6.07) is 6.41. The molecule has 8 nitrogen and oxygen atoms in total. The van der Waals surface area contributed by atoms with Crippen molar-refractivity contribution < 1.29 is 14.4 Å². The molecule has 0 unspecified atom stereocenters.